The highest BCUT2D eigenvalue weighted by molar-refractivity contribution is 5.45. The molecule has 22 heavy (non-hydrogen) atoms. The maximum absolute atomic E-state index is 10.4. The summed E-state index contributed by atoms with van der Waals surface area (Å²) in [4.78, 5) is 0. The number of phenolic OH excluding ortho intramolecular Hbond substituents is 1. The molecule has 2 nitrogen and oxygen atoms in total. The lowest BCUT2D eigenvalue weighted by Gasteiger charge is -2.33. The van der Waals surface area contributed by atoms with E-state index in [1.54, 1.807) is 6.07 Å². The topological polar surface area (TPSA) is 29.5 Å². The predicted molar refractivity (Wildman–Crippen MR) is 91.7 cm³/mol. The summed E-state index contributed by atoms with van der Waals surface area (Å²) >= 11 is 0. The van der Waals surface area contributed by atoms with Crippen molar-refractivity contribution in [3.05, 3.63) is 54.1 Å². The van der Waals surface area contributed by atoms with Gasteiger partial charge in [-0.25, -0.2) is 0 Å². The van der Waals surface area contributed by atoms with Crippen molar-refractivity contribution in [3.8, 4) is 17.2 Å². The SMILES string of the molecule is CC(C)(C)CC(C)(C)c1ccc(Oc2ccccc2)cc1O. The van der Waals surface area contributed by atoms with E-state index in [2.05, 4.69) is 34.6 Å². The summed E-state index contributed by atoms with van der Waals surface area (Å²) < 4.78 is 5.77. The smallest absolute Gasteiger partial charge is 0.131 e. The second-order valence-corrected chi connectivity index (χ2v) is 7.72. The molecule has 2 aromatic rings. The lowest BCUT2D eigenvalue weighted by molar-refractivity contribution is 0.278. The number of hydrogen-bond acceptors (Lipinski definition) is 2. The van der Waals surface area contributed by atoms with E-state index in [1.165, 1.54) is 0 Å². The van der Waals surface area contributed by atoms with Gasteiger partial charge >= 0.3 is 0 Å². The monoisotopic (exact) mass is 298 g/mol. The Balaban J connectivity index is 2.23. The molecule has 0 unspecified atom stereocenters. The first-order valence-electron chi connectivity index (χ1n) is 7.74. The van der Waals surface area contributed by atoms with Gasteiger partial charge in [-0.05, 0) is 41.0 Å². The van der Waals surface area contributed by atoms with Gasteiger partial charge in [0, 0.05) is 6.07 Å². The summed E-state index contributed by atoms with van der Waals surface area (Å²) in [5, 5.41) is 10.4. The number of ether oxygens (including phenoxy) is 1. The molecular weight excluding hydrogens is 272 g/mol. The number of hydrogen-bond donors (Lipinski definition) is 1. The fraction of sp³-hybridized carbons (Fsp3) is 0.400. The van der Waals surface area contributed by atoms with Crippen LogP contribution in [0.15, 0.2) is 48.5 Å². The molecule has 0 amide bonds. The van der Waals surface area contributed by atoms with E-state index in [0.29, 0.717) is 11.5 Å². The van der Waals surface area contributed by atoms with Crippen LogP contribution in [0.25, 0.3) is 0 Å². The summed E-state index contributed by atoms with van der Waals surface area (Å²) in [6, 6.07) is 15.2. The number of benzene rings is 2. The predicted octanol–water partition coefficient (Wildman–Crippen LogP) is 5.90. The average Bonchev–Trinajstić information content (AvgIpc) is 2.36. The molecule has 0 saturated carbocycles. The number of phenols is 1. The summed E-state index contributed by atoms with van der Waals surface area (Å²) in [5.74, 6) is 1.71. The van der Waals surface area contributed by atoms with E-state index in [0.717, 1.165) is 17.7 Å². The van der Waals surface area contributed by atoms with E-state index in [4.69, 9.17) is 4.74 Å². The number of para-hydroxylation sites is 1. The third-order valence-corrected chi connectivity index (χ3v) is 3.65. The van der Waals surface area contributed by atoms with Crippen LogP contribution < -0.4 is 4.74 Å². The van der Waals surface area contributed by atoms with E-state index in [1.807, 2.05) is 42.5 Å². The van der Waals surface area contributed by atoms with Gasteiger partial charge < -0.3 is 9.84 Å². The summed E-state index contributed by atoms with van der Waals surface area (Å²) in [7, 11) is 0. The van der Waals surface area contributed by atoms with Crippen LogP contribution in [0.3, 0.4) is 0 Å². The summed E-state index contributed by atoms with van der Waals surface area (Å²) in [6.45, 7) is 11.0. The largest absolute Gasteiger partial charge is 0.508 e. The van der Waals surface area contributed by atoms with Crippen molar-refractivity contribution >= 4 is 0 Å². The Kier molecular flexibility index (Phi) is 4.50. The zero-order valence-corrected chi connectivity index (χ0v) is 14.2. The Morgan fingerprint density at radius 3 is 2.05 bits per heavy atom. The van der Waals surface area contributed by atoms with Crippen molar-refractivity contribution in [1.82, 2.24) is 0 Å². The molecule has 2 aromatic carbocycles. The van der Waals surface area contributed by atoms with Crippen LogP contribution in [0, 0.1) is 5.41 Å². The van der Waals surface area contributed by atoms with Crippen molar-refractivity contribution in [1.29, 1.82) is 0 Å². The zero-order valence-electron chi connectivity index (χ0n) is 14.2. The Bertz CT molecular complexity index is 622. The Labute approximate surface area is 133 Å². The molecule has 0 fully saturated rings. The number of rotatable bonds is 4. The highest BCUT2D eigenvalue weighted by atomic mass is 16.5. The van der Waals surface area contributed by atoms with Gasteiger partial charge in [-0.1, -0.05) is 58.9 Å². The molecule has 0 atom stereocenters. The molecule has 2 heteroatoms. The molecular formula is C20H26O2. The molecule has 0 saturated heterocycles. The molecule has 0 radical (unpaired) electrons. The lowest BCUT2D eigenvalue weighted by atomic mass is 9.72. The van der Waals surface area contributed by atoms with Gasteiger partial charge in [-0.3, -0.25) is 0 Å². The molecule has 0 heterocycles. The van der Waals surface area contributed by atoms with Crippen LogP contribution in [0.1, 0.15) is 46.6 Å². The Hall–Kier alpha value is -1.96. The number of aromatic hydroxyl groups is 1. The van der Waals surface area contributed by atoms with Gasteiger partial charge in [0.05, 0.1) is 0 Å². The minimum atomic E-state index is -0.0897. The normalized spacial score (nSPS) is 12.2. The van der Waals surface area contributed by atoms with Gasteiger partial charge in [-0.2, -0.15) is 0 Å². The molecule has 0 spiro atoms. The first-order valence-corrected chi connectivity index (χ1v) is 7.74. The summed E-state index contributed by atoms with van der Waals surface area (Å²) in [5.41, 5.74) is 1.07. The Morgan fingerprint density at radius 2 is 1.50 bits per heavy atom. The maximum Gasteiger partial charge on any atom is 0.131 e. The van der Waals surface area contributed by atoms with Gasteiger partial charge in [-0.15, -0.1) is 0 Å². The fourth-order valence-electron chi connectivity index (χ4n) is 3.19. The molecule has 0 bridgehead atoms. The van der Waals surface area contributed by atoms with E-state index in [9.17, 15) is 5.11 Å². The van der Waals surface area contributed by atoms with Crippen molar-refractivity contribution in [2.45, 2.75) is 46.5 Å². The first kappa shape index (κ1) is 16.4. The third kappa shape index (κ3) is 4.27. The highest BCUT2D eigenvalue weighted by Crippen LogP contribution is 2.41. The minimum absolute atomic E-state index is 0.0897. The van der Waals surface area contributed by atoms with E-state index < -0.39 is 0 Å². The second kappa shape index (κ2) is 6.04. The molecule has 0 aliphatic carbocycles. The van der Waals surface area contributed by atoms with Crippen molar-refractivity contribution in [3.63, 3.8) is 0 Å². The Morgan fingerprint density at radius 1 is 0.864 bits per heavy atom. The van der Waals surface area contributed by atoms with Gasteiger partial charge in [0.25, 0.3) is 0 Å². The molecule has 0 aliphatic heterocycles. The van der Waals surface area contributed by atoms with Crippen molar-refractivity contribution < 1.29 is 9.84 Å². The van der Waals surface area contributed by atoms with Crippen LogP contribution in [0.2, 0.25) is 0 Å². The van der Waals surface area contributed by atoms with Crippen LogP contribution >= 0.6 is 0 Å². The second-order valence-electron chi connectivity index (χ2n) is 7.72. The maximum atomic E-state index is 10.4. The van der Waals surface area contributed by atoms with Gasteiger partial charge in [0.1, 0.15) is 17.2 Å². The van der Waals surface area contributed by atoms with Crippen molar-refractivity contribution in [2.75, 3.05) is 0 Å². The van der Waals surface area contributed by atoms with Crippen LogP contribution in [0.5, 0.6) is 17.2 Å². The van der Waals surface area contributed by atoms with Crippen molar-refractivity contribution in [2.24, 2.45) is 5.41 Å². The standard InChI is InChI=1S/C20H26O2/c1-19(2,3)14-20(4,5)17-12-11-16(13-18(17)21)22-15-9-7-6-8-10-15/h6-13,21H,14H2,1-5H3. The molecule has 2 rings (SSSR count). The average molecular weight is 298 g/mol. The van der Waals surface area contributed by atoms with Crippen LogP contribution in [-0.2, 0) is 5.41 Å². The third-order valence-electron chi connectivity index (χ3n) is 3.65. The quantitative estimate of drug-likeness (QED) is 0.761. The molecule has 0 aliphatic rings. The minimum Gasteiger partial charge on any atom is -0.508 e. The molecule has 1 N–H and O–H groups in total. The van der Waals surface area contributed by atoms with Gasteiger partial charge in [0.2, 0.25) is 0 Å². The van der Waals surface area contributed by atoms with Crippen LogP contribution in [-0.4, -0.2) is 5.11 Å². The first-order chi connectivity index (χ1) is 10.2. The van der Waals surface area contributed by atoms with E-state index >= 15 is 0 Å². The summed E-state index contributed by atoms with van der Waals surface area (Å²) in [6.07, 6.45) is 0.993. The molecule has 0 aromatic heterocycles. The van der Waals surface area contributed by atoms with Gasteiger partial charge in [0.15, 0.2) is 0 Å². The highest BCUT2D eigenvalue weighted by Gasteiger charge is 2.29. The zero-order chi connectivity index (χ0) is 16.4. The van der Waals surface area contributed by atoms with Crippen LogP contribution in [0.4, 0.5) is 0 Å². The fourth-order valence-corrected chi connectivity index (χ4v) is 3.19. The van der Waals surface area contributed by atoms with E-state index in [-0.39, 0.29) is 10.8 Å². The lowest BCUT2D eigenvalue weighted by Crippen LogP contribution is -2.24. The molecule has 118 valence electrons.